The van der Waals surface area contributed by atoms with E-state index in [1.54, 1.807) is 6.07 Å². The quantitative estimate of drug-likeness (QED) is 0.755. The van der Waals surface area contributed by atoms with Crippen molar-refractivity contribution < 1.29 is 14.0 Å². The topological polar surface area (TPSA) is 97.1 Å². The molecule has 25 heavy (non-hydrogen) atoms. The van der Waals surface area contributed by atoms with Crippen LogP contribution >= 0.6 is 11.3 Å². The molecule has 3 rings (SSSR count). The molecular formula is C17H21FN4O2S. The number of carbonyl (C=O) groups is 2. The van der Waals surface area contributed by atoms with Crippen LogP contribution in [0.3, 0.4) is 0 Å². The summed E-state index contributed by atoms with van der Waals surface area (Å²) < 4.78 is 13.9. The highest BCUT2D eigenvalue weighted by atomic mass is 32.1. The van der Waals surface area contributed by atoms with Crippen LogP contribution in [0.15, 0.2) is 18.2 Å². The lowest BCUT2D eigenvalue weighted by Gasteiger charge is -2.29. The zero-order valence-corrected chi connectivity index (χ0v) is 14.6. The molecule has 2 amide bonds. The first-order valence-corrected chi connectivity index (χ1v) is 9.23. The molecule has 0 radical (unpaired) electrons. The SMILES string of the molecule is NCCC(=O)N[C@H]1CC[C@H](NC(=O)c2nc3ccc(F)cc3s2)CC1. The number of nitrogens with two attached hydrogens (primary N) is 1. The van der Waals surface area contributed by atoms with Gasteiger partial charge < -0.3 is 16.4 Å². The number of hydrogen-bond acceptors (Lipinski definition) is 5. The Morgan fingerprint density at radius 1 is 1.20 bits per heavy atom. The molecule has 1 aromatic carbocycles. The summed E-state index contributed by atoms with van der Waals surface area (Å²) in [5.74, 6) is -0.577. The fraction of sp³-hybridized carbons (Fsp3) is 0.471. The van der Waals surface area contributed by atoms with E-state index in [0.29, 0.717) is 28.2 Å². The molecular weight excluding hydrogens is 343 g/mol. The van der Waals surface area contributed by atoms with Crippen molar-refractivity contribution in [3.8, 4) is 0 Å². The molecule has 1 saturated carbocycles. The number of halogens is 1. The summed E-state index contributed by atoms with van der Waals surface area (Å²) in [4.78, 5) is 28.2. The van der Waals surface area contributed by atoms with E-state index in [0.717, 1.165) is 25.7 Å². The zero-order valence-electron chi connectivity index (χ0n) is 13.8. The van der Waals surface area contributed by atoms with Crippen LogP contribution in [0.1, 0.15) is 41.9 Å². The standard InChI is InChI=1S/C17H21FN4O2S/c18-10-1-6-13-14(9-10)25-17(22-13)16(24)21-12-4-2-11(3-5-12)20-15(23)7-8-19/h1,6,9,11-12H,2-5,7-8,19H2,(H,20,23)(H,21,24)/t11-,12-. The monoisotopic (exact) mass is 364 g/mol. The first-order valence-electron chi connectivity index (χ1n) is 8.41. The van der Waals surface area contributed by atoms with Crippen LogP contribution in [0.2, 0.25) is 0 Å². The Hall–Kier alpha value is -2.06. The lowest BCUT2D eigenvalue weighted by molar-refractivity contribution is -0.121. The van der Waals surface area contributed by atoms with Gasteiger partial charge in [-0.3, -0.25) is 9.59 Å². The summed E-state index contributed by atoms with van der Waals surface area (Å²) in [6.45, 7) is 0.350. The van der Waals surface area contributed by atoms with Crippen molar-refractivity contribution in [3.05, 3.63) is 29.0 Å². The average molecular weight is 364 g/mol. The molecule has 1 aromatic heterocycles. The Kier molecular flexibility index (Phi) is 5.60. The first kappa shape index (κ1) is 17.8. The molecule has 1 heterocycles. The third-order valence-corrected chi connectivity index (χ3v) is 5.36. The highest BCUT2D eigenvalue weighted by Gasteiger charge is 2.24. The van der Waals surface area contributed by atoms with Gasteiger partial charge in [-0.1, -0.05) is 0 Å². The number of nitrogens with one attached hydrogen (secondary N) is 2. The molecule has 6 nitrogen and oxygen atoms in total. The maximum atomic E-state index is 13.2. The van der Waals surface area contributed by atoms with Crippen LogP contribution in [0.4, 0.5) is 4.39 Å². The molecule has 2 aromatic rings. The van der Waals surface area contributed by atoms with Crippen LogP contribution in [0.25, 0.3) is 10.2 Å². The van der Waals surface area contributed by atoms with Crippen molar-refractivity contribution in [1.82, 2.24) is 15.6 Å². The minimum absolute atomic E-state index is 0.0170. The highest BCUT2D eigenvalue weighted by molar-refractivity contribution is 7.20. The average Bonchev–Trinajstić information content (AvgIpc) is 3.00. The van der Waals surface area contributed by atoms with Gasteiger partial charge in [0.1, 0.15) is 5.82 Å². The molecule has 0 aliphatic heterocycles. The number of benzene rings is 1. The second-order valence-corrected chi connectivity index (χ2v) is 7.29. The van der Waals surface area contributed by atoms with Gasteiger partial charge in [-0.2, -0.15) is 0 Å². The molecule has 8 heteroatoms. The number of hydrogen-bond donors (Lipinski definition) is 3. The third-order valence-electron chi connectivity index (χ3n) is 4.34. The summed E-state index contributed by atoms with van der Waals surface area (Å²) in [6.07, 6.45) is 3.60. The Labute approximate surface area is 149 Å². The van der Waals surface area contributed by atoms with Gasteiger partial charge >= 0.3 is 0 Å². The predicted molar refractivity (Wildman–Crippen MR) is 94.9 cm³/mol. The smallest absolute Gasteiger partial charge is 0.280 e. The fourth-order valence-corrected chi connectivity index (χ4v) is 3.95. The number of thiazole rings is 1. The number of nitrogens with zero attached hydrogens (tertiary/aromatic N) is 1. The minimum atomic E-state index is -0.335. The van der Waals surface area contributed by atoms with E-state index in [1.807, 2.05) is 0 Å². The molecule has 0 saturated heterocycles. The molecule has 4 N–H and O–H groups in total. The summed E-state index contributed by atoms with van der Waals surface area (Å²) >= 11 is 1.19. The number of carbonyl (C=O) groups excluding carboxylic acids is 2. The van der Waals surface area contributed by atoms with Crippen molar-refractivity contribution in [2.45, 2.75) is 44.2 Å². The van der Waals surface area contributed by atoms with E-state index in [1.165, 1.54) is 23.5 Å². The predicted octanol–water partition coefficient (Wildman–Crippen LogP) is 1.94. The lowest BCUT2D eigenvalue weighted by Crippen LogP contribution is -2.44. The van der Waals surface area contributed by atoms with Gasteiger partial charge in [0.05, 0.1) is 10.2 Å². The number of amides is 2. The van der Waals surface area contributed by atoms with Gasteiger partial charge in [0.25, 0.3) is 5.91 Å². The Bertz CT molecular complexity index is 771. The summed E-state index contributed by atoms with van der Waals surface area (Å²) in [6, 6.07) is 4.52. The Balaban J connectivity index is 1.52. The molecule has 134 valence electrons. The number of rotatable bonds is 5. The second-order valence-electron chi connectivity index (χ2n) is 6.26. The second kappa shape index (κ2) is 7.88. The number of aromatic nitrogens is 1. The molecule has 0 atom stereocenters. The molecule has 0 bridgehead atoms. The zero-order chi connectivity index (χ0) is 17.8. The van der Waals surface area contributed by atoms with Gasteiger partial charge in [0.15, 0.2) is 5.01 Å². The van der Waals surface area contributed by atoms with E-state index in [-0.39, 0.29) is 29.7 Å². The van der Waals surface area contributed by atoms with Gasteiger partial charge in [-0.15, -0.1) is 11.3 Å². The summed E-state index contributed by atoms with van der Waals surface area (Å²) in [7, 11) is 0. The van der Waals surface area contributed by atoms with E-state index in [9.17, 15) is 14.0 Å². The first-order chi connectivity index (χ1) is 12.0. The van der Waals surface area contributed by atoms with Gasteiger partial charge in [-0.05, 0) is 43.9 Å². The van der Waals surface area contributed by atoms with E-state index in [2.05, 4.69) is 15.6 Å². The summed E-state index contributed by atoms with van der Waals surface area (Å²) in [5, 5.41) is 6.31. The van der Waals surface area contributed by atoms with Crippen molar-refractivity contribution in [1.29, 1.82) is 0 Å². The van der Waals surface area contributed by atoms with Gasteiger partial charge in [-0.25, -0.2) is 9.37 Å². The van der Waals surface area contributed by atoms with Crippen LogP contribution in [0, 0.1) is 5.82 Å². The lowest BCUT2D eigenvalue weighted by atomic mass is 9.91. The Morgan fingerprint density at radius 2 is 1.88 bits per heavy atom. The Morgan fingerprint density at radius 3 is 2.56 bits per heavy atom. The fourth-order valence-electron chi connectivity index (χ4n) is 3.06. The molecule has 1 aliphatic rings. The normalized spacial score (nSPS) is 20.4. The molecule has 0 spiro atoms. The summed E-state index contributed by atoms with van der Waals surface area (Å²) in [5.41, 5.74) is 6.00. The number of fused-ring (bicyclic) bond motifs is 1. The van der Waals surface area contributed by atoms with Crippen molar-refractivity contribution in [2.24, 2.45) is 5.73 Å². The third kappa shape index (κ3) is 4.52. The van der Waals surface area contributed by atoms with Gasteiger partial charge in [0, 0.05) is 25.0 Å². The highest BCUT2D eigenvalue weighted by Crippen LogP contribution is 2.24. The van der Waals surface area contributed by atoms with Gasteiger partial charge in [0.2, 0.25) is 5.91 Å². The van der Waals surface area contributed by atoms with Crippen LogP contribution in [-0.2, 0) is 4.79 Å². The minimum Gasteiger partial charge on any atom is -0.353 e. The van der Waals surface area contributed by atoms with Crippen molar-refractivity contribution in [3.63, 3.8) is 0 Å². The maximum Gasteiger partial charge on any atom is 0.280 e. The van der Waals surface area contributed by atoms with E-state index >= 15 is 0 Å². The molecule has 0 unspecified atom stereocenters. The van der Waals surface area contributed by atoms with Crippen LogP contribution in [0.5, 0.6) is 0 Å². The van der Waals surface area contributed by atoms with Crippen LogP contribution in [-0.4, -0.2) is 35.4 Å². The van der Waals surface area contributed by atoms with Crippen molar-refractivity contribution >= 4 is 33.4 Å². The maximum absolute atomic E-state index is 13.2. The van der Waals surface area contributed by atoms with E-state index < -0.39 is 0 Å². The van der Waals surface area contributed by atoms with Crippen molar-refractivity contribution in [2.75, 3.05) is 6.54 Å². The molecule has 1 aliphatic carbocycles. The largest absolute Gasteiger partial charge is 0.353 e. The van der Waals surface area contributed by atoms with E-state index in [4.69, 9.17) is 5.73 Å². The van der Waals surface area contributed by atoms with Crippen LogP contribution < -0.4 is 16.4 Å². The molecule has 1 fully saturated rings.